The Hall–Kier alpha value is -0.560. The predicted molar refractivity (Wildman–Crippen MR) is 96.9 cm³/mol. The lowest BCUT2D eigenvalue weighted by molar-refractivity contribution is 0.160. The Balaban J connectivity index is 2.06. The van der Waals surface area contributed by atoms with Crippen molar-refractivity contribution in [3.05, 3.63) is 27.7 Å². The monoisotopic (exact) mass is 376 g/mol. The van der Waals surface area contributed by atoms with Crippen molar-refractivity contribution in [3.63, 3.8) is 0 Å². The molecule has 1 aliphatic heterocycles. The van der Waals surface area contributed by atoms with Gasteiger partial charge in [0.05, 0.1) is 18.7 Å². The zero-order chi connectivity index (χ0) is 17.7. The summed E-state index contributed by atoms with van der Waals surface area (Å²) in [6.45, 7) is 4.20. The summed E-state index contributed by atoms with van der Waals surface area (Å²) in [6, 6.07) is 3.56. The largest absolute Gasteiger partial charge is 0.495 e. The molecule has 1 fully saturated rings. The molecule has 0 aromatic heterocycles. The van der Waals surface area contributed by atoms with Gasteiger partial charge in [0.1, 0.15) is 5.75 Å². The van der Waals surface area contributed by atoms with E-state index in [9.17, 15) is 5.11 Å². The molecule has 0 saturated carbocycles. The maximum atomic E-state index is 9.69. The first kappa shape index (κ1) is 19.8. The fourth-order valence-corrected chi connectivity index (χ4v) is 4.05. The van der Waals surface area contributed by atoms with Gasteiger partial charge in [-0.2, -0.15) is 0 Å². The maximum Gasteiger partial charge on any atom is 0.142 e. The van der Waals surface area contributed by atoms with Crippen molar-refractivity contribution in [2.75, 3.05) is 53.6 Å². The lowest BCUT2D eigenvalue weighted by Crippen LogP contribution is -2.32. The highest BCUT2D eigenvalue weighted by atomic mass is 35.5. The van der Waals surface area contributed by atoms with Crippen LogP contribution in [0.1, 0.15) is 5.56 Å². The fraction of sp³-hybridized carbons (Fsp3) is 0.647. The molecule has 2 unspecified atom stereocenters. The molecule has 0 radical (unpaired) electrons. The third kappa shape index (κ3) is 4.97. The van der Waals surface area contributed by atoms with E-state index >= 15 is 0 Å². The highest BCUT2D eigenvalue weighted by Crippen LogP contribution is 2.34. The zero-order valence-electron chi connectivity index (χ0n) is 14.2. The van der Waals surface area contributed by atoms with E-state index in [1.165, 1.54) is 0 Å². The number of aliphatic hydroxyl groups is 2. The molecule has 7 heteroatoms. The number of benzene rings is 1. The van der Waals surface area contributed by atoms with Gasteiger partial charge >= 0.3 is 0 Å². The number of aliphatic hydroxyl groups excluding tert-OH is 2. The highest BCUT2D eigenvalue weighted by molar-refractivity contribution is 6.35. The van der Waals surface area contributed by atoms with Crippen LogP contribution >= 0.6 is 23.2 Å². The Bertz CT molecular complexity index is 545. The molecule has 0 bridgehead atoms. The summed E-state index contributed by atoms with van der Waals surface area (Å²) in [5, 5.41) is 19.8. The number of hydrogen-bond acceptors (Lipinski definition) is 5. The Labute approximate surface area is 153 Å². The molecule has 136 valence electrons. The summed E-state index contributed by atoms with van der Waals surface area (Å²) in [5.74, 6) is 1.25. The van der Waals surface area contributed by atoms with E-state index in [-0.39, 0.29) is 19.1 Å². The van der Waals surface area contributed by atoms with Crippen molar-refractivity contribution in [2.24, 2.45) is 11.8 Å². The van der Waals surface area contributed by atoms with E-state index < -0.39 is 0 Å². The summed E-state index contributed by atoms with van der Waals surface area (Å²) >= 11 is 12.3. The van der Waals surface area contributed by atoms with Gasteiger partial charge in [0.2, 0.25) is 0 Å². The topological polar surface area (TPSA) is 56.2 Å². The Morgan fingerprint density at radius 3 is 2.58 bits per heavy atom. The second-order valence-corrected chi connectivity index (χ2v) is 7.31. The minimum atomic E-state index is 0.148. The summed E-state index contributed by atoms with van der Waals surface area (Å²) in [7, 11) is 3.60. The molecular formula is C17H26Cl2N2O3. The van der Waals surface area contributed by atoms with Gasteiger partial charge in [0.15, 0.2) is 0 Å². The molecule has 0 amide bonds. The van der Waals surface area contributed by atoms with Crippen LogP contribution in [0.25, 0.3) is 0 Å². The van der Waals surface area contributed by atoms with Crippen LogP contribution in [0.4, 0.5) is 0 Å². The van der Waals surface area contributed by atoms with Gasteiger partial charge in [-0.05, 0) is 31.0 Å². The molecule has 2 rings (SSSR count). The number of likely N-dealkylation sites (N-methyl/N-ethyl adjacent to an activating group) is 1. The number of nitrogens with zero attached hydrogens (tertiary/aromatic N) is 2. The van der Waals surface area contributed by atoms with E-state index in [1.54, 1.807) is 13.2 Å². The Kier molecular flexibility index (Phi) is 7.60. The van der Waals surface area contributed by atoms with Gasteiger partial charge in [-0.25, -0.2) is 0 Å². The lowest BCUT2D eigenvalue weighted by Gasteiger charge is -2.23. The van der Waals surface area contributed by atoms with Crippen molar-refractivity contribution < 1.29 is 14.9 Å². The summed E-state index contributed by atoms with van der Waals surface area (Å²) in [5.41, 5.74) is 0.955. The smallest absolute Gasteiger partial charge is 0.142 e. The van der Waals surface area contributed by atoms with E-state index in [0.717, 1.165) is 25.2 Å². The number of rotatable bonds is 8. The fourth-order valence-electron chi connectivity index (χ4n) is 3.44. The van der Waals surface area contributed by atoms with Gasteiger partial charge in [-0.15, -0.1) is 0 Å². The van der Waals surface area contributed by atoms with Gasteiger partial charge < -0.3 is 19.8 Å². The molecule has 2 N–H and O–H groups in total. The van der Waals surface area contributed by atoms with Gasteiger partial charge in [0, 0.05) is 49.9 Å². The Morgan fingerprint density at radius 1 is 1.25 bits per heavy atom. The third-order valence-electron chi connectivity index (χ3n) is 4.60. The van der Waals surface area contributed by atoms with E-state index in [2.05, 4.69) is 9.80 Å². The van der Waals surface area contributed by atoms with Crippen LogP contribution in [-0.4, -0.2) is 73.6 Å². The number of ether oxygens (including phenoxy) is 1. The summed E-state index contributed by atoms with van der Waals surface area (Å²) in [6.07, 6.45) is 0. The number of likely N-dealkylation sites (tertiary alicyclic amines) is 1. The molecule has 1 aromatic carbocycles. The molecular weight excluding hydrogens is 351 g/mol. The van der Waals surface area contributed by atoms with Crippen LogP contribution < -0.4 is 4.74 Å². The Morgan fingerprint density at radius 2 is 1.96 bits per heavy atom. The highest BCUT2D eigenvalue weighted by Gasteiger charge is 2.33. The molecule has 1 saturated heterocycles. The summed E-state index contributed by atoms with van der Waals surface area (Å²) in [4.78, 5) is 4.40. The van der Waals surface area contributed by atoms with Crippen molar-refractivity contribution in [1.82, 2.24) is 9.80 Å². The average molecular weight is 377 g/mol. The minimum Gasteiger partial charge on any atom is -0.495 e. The average Bonchev–Trinajstić information content (AvgIpc) is 2.88. The van der Waals surface area contributed by atoms with Gasteiger partial charge in [-0.3, -0.25) is 4.90 Å². The van der Waals surface area contributed by atoms with Crippen molar-refractivity contribution in [1.29, 1.82) is 0 Å². The molecule has 0 spiro atoms. The predicted octanol–water partition coefficient (Wildman–Crippen LogP) is 1.97. The first-order valence-corrected chi connectivity index (χ1v) is 8.88. The number of halogens is 2. The summed E-state index contributed by atoms with van der Waals surface area (Å²) < 4.78 is 5.42. The SMILES string of the molecule is COc1c(Cl)cc(Cl)cc1CN1CC(CO)C(CN(C)CCO)C1. The normalized spacial score (nSPS) is 21.6. The zero-order valence-corrected chi connectivity index (χ0v) is 15.7. The molecule has 1 heterocycles. The standard InChI is InChI=1S/C17H26Cl2N2O3/c1-20(3-4-22)7-13-9-21(10-14(13)11-23)8-12-5-15(18)6-16(19)17(12)24-2/h5-6,13-14,22-23H,3-4,7-11H2,1-2H3. The van der Waals surface area contributed by atoms with Crippen molar-refractivity contribution in [2.45, 2.75) is 6.54 Å². The van der Waals surface area contributed by atoms with Gasteiger partial charge in [0.25, 0.3) is 0 Å². The minimum absolute atomic E-state index is 0.148. The van der Waals surface area contributed by atoms with Crippen LogP contribution in [0, 0.1) is 11.8 Å². The lowest BCUT2D eigenvalue weighted by atomic mass is 9.96. The number of methoxy groups -OCH3 is 1. The second-order valence-electron chi connectivity index (χ2n) is 6.46. The first-order chi connectivity index (χ1) is 11.5. The van der Waals surface area contributed by atoms with Crippen LogP contribution in [0.5, 0.6) is 5.75 Å². The van der Waals surface area contributed by atoms with Crippen molar-refractivity contribution >= 4 is 23.2 Å². The van der Waals surface area contributed by atoms with Crippen LogP contribution in [-0.2, 0) is 6.54 Å². The van der Waals surface area contributed by atoms with Crippen molar-refractivity contribution in [3.8, 4) is 5.75 Å². The molecule has 1 aliphatic rings. The van der Waals surface area contributed by atoms with E-state index in [4.69, 9.17) is 33.0 Å². The number of hydrogen-bond donors (Lipinski definition) is 2. The quantitative estimate of drug-likeness (QED) is 0.726. The maximum absolute atomic E-state index is 9.69. The molecule has 0 aliphatic carbocycles. The first-order valence-electron chi connectivity index (χ1n) is 8.13. The molecule has 2 atom stereocenters. The second kappa shape index (κ2) is 9.22. The van der Waals surface area contributed by atoms with E-state index in [1.807, 2.05) is 13.1 Å². The van der Waals surface area contributed by atoms with Gasteiger partial charge in [-0.1, -0.05) is 23.2 Å². The van der Waals surface area contributed by atoms with Crippen LogP contribution in [0.3, 0.4) is 0 Å². The third-order valence-corrected chi connectivity index (χ3v) is 5.10. The van der Waals surface area contributed by atoms with E-state index in [0.29, 0.717) is 34.8 Å². The molecule has 1 aromatic rings. The molecule has 24 heavy (non-hydrogen) atoms. The molecule has 5 nitrogen and oxygen atoms in total. The van der Waals surface area contributed by atoms with Crippen LogP contribution in [0.2, 0.25) is 10.0 Å². The van der Waals surface area contributed by atoms with Crippen LogP contribution in [0.15, 0.2) is 12.1 Å².